The number of carbonyl (C=O) groups is 2. The summed E-state index contributed by atoms with van der Waals surface area (Å²) in [6.45, 7) is 15.0. The van der Waals surface area contributed by atoms with Crippen LogP contribution < -0.4 is 11.0 Å². The molecule has 8 nitrogen and oxygen atoms in total. The lowest BCUT2D eigenvalue weighted by Gasteiger charge is -2.09. The molecule has 1 aromatic carbocycles. The van der Waals surface area contributed by atoms with Crippen molar-refractivity contribution in [3.63, 3.8) is 0 Å². The van der Waals surface area contributed by atoms with Gasteiger partial charge in [0.15, 0.2) is 5.78 Å². The molecular weight excluding hydrogens is 382 g/mol. The second-order valence-electron chi connectivity index (χ2n) is 6.01. The molecule has 30 heavy (non-hydrogen) atoms. The van der Waals surface area contributed by atoms with Crippen LogP contribution in [0.3, 0.4) is 0 Å². The molecule has 0 bridgehead atoms. The van der Waals surface area contributed by atoms with Crippen LogP contribution in [-0.4, -0.2) is 27.7 Å². The zero-order valence-corrected chi connectivity index (χ0v) is 18.7. The number of amides is 1. The summed E-state index contributed by atoms with van der Waals surface area (Å²) in [6.07, 6.45) is 5.07. The maximum Gasteiger partial charge on any atom is 0.323 e. The van der Waals surface area contributed by atoms with Crippen molar-refractivity contribution >= 4 is 28.4 Å². The molecular formula is C22H33N5O3. The third-order valence-corrected chi connectivity index (χ3v) is 3.39. The van der Waals surface area contributed by atoms with E-state index in [0.717, 1.165) is 0 Å². The Labute approximate surface area is 177 Å². The third kappa shape index (κ3) is 8.81. The highest BCUT2D eigenvalue weighted by atomic mass is 16.2. The van der Waals surface area contributed by atoms with E-state index in [9.17, 15) is 14.4 Å². The summed E-state index contributed by atoms with van der Waals surface area (Å²) in [5.41, 5.74) is 1.88. The number of hydrogen-bond acceptors (Lipinski definition) is 5. The summed E-state index contributed by atoms with van der Waals surface area (Å²) in [6, 6.07) is 3.61. The molecule has 0 saturated carbocycles. The molecule has 1 unspecified atom stereocenters. The summed E-state index contributed by atoms with van der Waals surface area (Å²) < 4.78 is 0. The molecule has 1 aromatic heterocycles. The maximum absolute atomic E-state index is 12.3. The van der Waals surface area contributed by atoms with Crippen molar-refractivity contribution in [2.45, 2.75) is 60.4 Å². The minimum absolute atomic E-state index is 0.338. The summed E-state index contributed by atoms with van der Waals surface area (Å²) in [5, 5.41) is 10.4. The number of benzene rings is 1. The van der Waals surface area contributed by atoms with Crippen molar-refractivity contribution in [1.29, 1.82) is 0 Å². The lowest BCUT2D eigenvalue weighted by molar-refractivity contribution is -0.126. The maximum atomic E-state index is 12.3. The Kier molecular flexibility index (Phi) is 13.1. The average molecular weight is 416 g/mol. The standard InChI is InChI=1S/C17H19N5O3.C3H8.C2H6/c1-4-6-11(5-2)21-22-15(10(3)23)16(24)18-12-7-8-13-14(9-12)20-17(25)19-13;1-3-2;1-2/h4,6-9,15H,1,5H2,2-3H3,(H,18,24)(H2,19,20,25);3H2,1-2H3;1-2H3/b11-6+,22-21?;;. The number of imidazole rings is 1. The summed E-state index contributed by atoms with van der Waals surface area (Å²) >= 11 is 0. The third-order valence-electron chi connectivity index (χ3n) is 3.39. The summed E-state index contributed by atoms with van der Waals surface area (Å²) in [5.74, 6) is -1.02. The molecule has 2 aromatic rings. The van der Waals surface area contributed by atoms with E-state index in [1.165, 1.54) is 13.3 Å². The monoisotopic (exact) mass is 415 g/mol. The predicted molar refractivity (Wildman–Crippen MR) is 123 cm³/mol. The van der Waals surface area contributed by atoms with Gasteiger partial charge in [0.05, 0.1) is 16.7 Å². The van der Waals surface area contributed by atoms with Crippen molar-refractivity contribution in [2.24, 2.45) is 10.2 Å². The second kappa shape index (κ2) is 14.7. The van der Waals surface area contributed by atoms with Gasteiger partial charge in [0.25, 0.3) is 5.91 Å². The SMILES string of the molecule is C=C/C=C(\CC)N=NC(C(C)=O)C(=O)Nc1ccc2[nH]c(=O)[nH]c2c1.CC.CCC. The number of fused-ring (bicyclic) bond motifs is 1. The van der Waals surface area contributed by atoms with Crippen LogP contribution in [0, 0.1) is 0 Å². The number of hydrogen-bond donors (Lipinski definition) is 3. The number of ketones is 1. The number of nitrogens with zero attached hydrogens (tertiary/aromatic N) is 2. The van der Waals surface area contributed by atoms with Gasteiger partial charge in [0.1, 0.15) is 0 Å². The van der Waals surface area contributed by atoms with Crippen LogP contribution in [0.15, 0.2) is 57.7 Å². The zero-order chi connectivity index (χ0) is 23.1. The lowest BCUT2D eigenvalue weighted by atomic mass is 10.2. The van der Waals surface area contributed by atoms with Gasteiger partial charge < -0.3 is 15.3 Å². The minimum Gasteiger partial charge on any atom is -0.324 e. The smallest absolute Gasteiger partial charge is 0.323 e. The molecule has 0 fully saturated rings. The number of Topliss-reactive ketones (excluding diaryl/α,β-unsaturated/α-hetero) is 1. The number of azo groups is 1. The molecule has 3 N–H and O–H groups in total. The topological polar surface area (TPSA) is 120 Å². The lowest BCUT2D eigenvalue weighted by Crippen LogP contribution is -2.31. The fourth-order valence-electron chi connectivity index (χ4n) is 2.13. The molecule has 0 spiro atoms. The minimum atomic E-state index is -1.25. The van der Waals surface area contributed by atoms with Gasteiger partial charge in [0.2, 0.25) is 6.04 Å². The number of H-pyrrole nitrogens is 2. The molecule has 164 valence electrons. The largest absolute Gasteiger partial charge is 0.324 e. The Morgan fingerprint density at radius 3 is 2.30 bits per heavy atom. The fourth-order valence-corrected chi connectivity index (χ4v) is 2.13. The van der Waals surface area contributed by atoms with Gasteiger partial charge in [-0.1, -0.05) is 53.7 Å². The Morgan fingerprint density at radius 1 is 1.17 bits per heavy atom. The van der Waals surface area contributed by atoms with E-state index in [0.29, 0.717) is 28.8 Å². The van der Waals surface area contributed by atoms with Crippen LogP contribution in [0.2, 0.25) is 0 Å². The summed E-state index contributed by atoms with van der Waals surface area (Å²) in [7, 11) is 0. The van der Waals surface area contributed by atoms with Gasteiger partial charge in [0, 0.05) is 5.69 Å². The number of aromatic nitrogens is 2. The van der Waals surface area contributed by atoms with E-state index in [2.05, 4.69) is 45.9 Å². The average Bonchev–Trinajstić information content (AvgIpc) is 3.08. The van der Waals surface area contributed by atoms with E-state index in [-0.39, 0.29) is 5.69 Å². The number of rotatable bonds is 7. The van der Waals surface area contributed by atoms with Crippen LogP contribution in [-0.2, 0) is 9.59 Å². The van der Waals surface area contributed by atoms with Crippen LogP contribution in [0.1, 0.15) is 54.4 Å². The first kappa shape index (κ1) is 26.7. The van der Waals surface area contributed by atoms with Gasteiger partial charge in [-0.25, -0.2) is 4.79 Å². The molecule has 0 aliphatic rings. The van der Waals surface area contributed by atoms with Crippen molar-refractivity contribution in [1.82, 2.24) is 9.97 Å². The normalized spacial score (nSPS) is 11.7. The van der Waals surface area contributed by atoms with E-state index >= 15 is 0 Å². The Morgan fingerprint density at radius 2 is 1.77 bits per heavy atom. The van der Waals surface area contributed by atoms with Gasteiger partial charge >= 0.3 is 5.69 Å². The van der Waals surface area contributed by atoms with Gasteiger partial charge in [-0.2, -0.15) is 10.2 Å². The first-order chi connectivity index (χ1) is 14.4. The van der Waals surface area contributed by atoms with E-state index in [1.54, 1.807) is 30.4 Å². The number of anilines is 1. The molecule has 0 aliphatic carbocycles. The Hall–Kier alpha value is -3.29. The number of carbonyl (C=O) groups excluding carboxylic acids is 2. The van der Waals surface area contributed by atoms with Crippen molar-refractivity contribution < 1.29 is 9.59 Å². The predicted octanol–water partition coefficient (Wildman–Crippen LogP) is 5.13. The quantitative estimate of drug-likeness (QED) is 0.330. The van der Waals surface area contributed by atoms with Gasteiger partial charge in [-0.3, -0.25) is 9.59 Å². The molecule has 8 heteroatoms. The highest BCUT2D eigenvalue weighted by molar-refractivity contribution is 6.10. The molecule has 1 atom stereocenters. The molecule has 0 saturated heterocycles. The molecule has 1 amide bonds. The molecule has 2 rings (SSSR count). The van der Waals surface area contributed by atoms with Crippen LogP contribution >= 0.6 is 0 Å². The first-order valence-corrected chi connectivity index (χ1v) is 10.1. The van der Waals surface area contributed by atoms with Crippen LogP contribution in [0.4, 0.5) is 5.69 Å². The number of aromatic amines is 2. The number of nitrogens with one attached hydrogen (secondary N) is 3. The van der Waals surface area contributed by atoms with Gasteiger partial charge in [-0.05, 0) is 37.6 Å². The zero-order valence-electron chi connectivity index (χ0n) is 18.7. The number of allylic oxidation sites excluding steroid dienone is 3. The van der Waals surface area contributed by atoms with E-state index in [1.807, 2.05) is 20.8 Å². The molecule has 0 radical (unpaired) electrons. The Bertz CT molecular complexity index is 938. The highest BCUT2D eigenvalue weighted by Crippen LogP contribution is 2.15. The van der Waals surface area contributed by atoms with Crippen molar-refractivity contribution in [3.8, 4) is 0 Å². The fraction of sp³-hybridized carbons (Fsp3) is 0.409. The summed E-state index contributed by atoms with van der Waals surface area (Å²) in [4.78, 5) is 40.6. The van der Waals surface area contributed by atoms with E-state index in [4.69, 9.17) is 0 Å². The van der Waals surface area contributed by atoms with Crippen LogP contribution in [0.5, 0.6) is 0 Å². The first-order valence-electron chi connectivity index (χ1n) is 10.1. The van der Waals surface area contributed by atoms with E-state index < -0.39 is 17.7 Å². The second-order valence-corrected chi connectivity index (χ2v) is 6.01. The molecule has 0 aliphatic heterocycles. The highest BCUT2D eigenvalue weighted by Gasteiger charge is 2.23. The van der Waals surface area contributed by atoms with Gasteiger partial charge in [-0.15, -0.1) is 0 Å². The van der Waals surface area contributed by atoms with Crippen molar-refractivity contribution in [3.05, 3.63) is 53.1 Å². The van der Waals surface area contributed by atoms with Crippen LogP contribution in [0.25, 0.3) is 11.0 Å². The molecule has 1 heterocycles. The van der Waals surface area contributed by atoms with Crippen molar-refractivity contribution in [2.75, 3.05) is 5.32 Å². The Balaban J connectivity index is 0.00000154.